The Balaban J connectivity index is 1.32. The second-order valence-corrected chi connectivity index (χ2v) is 13.2. The Morgan fingerprint density at radius 1 is 0.884 bits per heavy atom. The summed E-state index contributed by atoms with van der Waals surface area (Å²) < 4.78 is 25.4. The molecule has 0 aromatic heterocycles. The molecular weight excluding hydrogens is 562 g/mol. The Labute approximate surface area is 253 Å². The number of β-amino-alcohol motifs (C(OH)–C–C–N with tert-alkyl or cyclic N) is 1. The number of sulfonamides is 1. The quantitative estimate of drug-likeness (QED) is 0.138. The van der Waals surface area contributed by atoms with E-state index in [9.17, 15) is 23.4 Å². The lowest BCUT2D eigenvalue weighted by atomic mass is 9.93. The molecule has 0 aliphatic heterocycles. The minimum atomic E-state index is -3.58. The van der Waals surface area contributed by atoms with E-state index in [4.69, 9.17) is 0 Å². The van der Waals surface area contributed by atoms with Gasteiger partial charge in [0.05, 0.1) is 24.5 Å². The van der Waals surface area contributed by atoms with E-state index in [1.54, 1.807) is 6.07 Å². The van der Waals surface area contributed by atoms with Crippen LogP contribution < -0.4 is 15.4 Å². The lowest BCUT2D eigenvalue weighted by molar-refractivity contribution is -0.120. The number of phenols is 1. The Morgan fingerprint density at radius 2 is 1.58 bits per heavy atom. The van der Waals surface area contributed by atoms with Crippen LogP contribution in [-0.2, 0) is 34.2 Å². The van der Waals surface area contributed by atoms with Gasteiger partial charge in [-0.25, -0.2) is 8.42 Å². The molecule has 4 rings (SSSR count). The second kappa shape index (κ2) is 13.9. The molecule has 0 radical (unpaired) electrons. The second-order valence-electron chi connectivity index (χ2n) is 11.4. The molecule has 1 atom stereocenters. The number of aromatic hydroxyl groups is 1. The molecule has 0 unspecified atom stereocenters. The molecule has 5 N–H and O–H groups in total. The van der Waals surface area contributed by atoms with Gasteiger partial charge in [-0.2, -0.15) is 0 Å². The molecule has 0 aliphatic rings. The molecular formula is C34H39N3O5S. The first kappa shape index (κ1) is 31.7. The minimum Gasteiger partial charge on any atom is -0.506 e. The highest BCUT2D eigenvalue weighted by Crippen LogP contribution is 2.28. The predicted octanol–water partition coefficient (Wildman–Crippen LogP) is 4.93. The van der Waals surface area contributed by atoms with Crippen molar-refractivity contribution in [3.63, 3.8) is 0 Å². The Hall–Kier alpha value is -4.18. The highest BCUT2D eigenvalue weighted by Gasteiger charge is 2.21. The zero-order valence-electron chi connectivity index (χ0n) is 24.7. The normalized spacial score (nSPS) is 12.5. The minimum absolute atomic E-state index is 0.0135. The van der Waals surface area contributed by atoms with E-state index in [1.807, 2.05) is 74.5 Å². The average molecular weight is 602 g/mol. The Morgan fingerprint density at radius 3 is 2.33 bits per heavy atom. The highest BCUT2D eigenvalue weighted by atomic mass is 32.2. The van der Waals surface area contributed by atoms with E-state index < -0.39 is 21.7 Å². The molecule has 0 saturated carbocycles. The van der Waals surface area contributed by atoms with Crippen LogP contribution in [0, 0.1) is 0 Å². The monoisotopic (exact) mass is 601 g/mol. The van der Waals surface area contributed by atoms with Crippen molar-refractivity contribution >= 4 is 21.6 Å². The molecule has 1 amide bonds. The number of anilines is 1. The third-order valence-electron chi connectivity index (χ3n) is 7.06. The maximum atomic E-state index is 12.9. The number of benzene rings is 4. The molecule has 0 aliphatic carbocycles. The number of nitrogens with one attached hydrogen (secondary N) is 3. The molecule has 226 valence electrons. The largest absolute Gasteiger partial charge is 0.506 e. The van der Waals surface area contributed by atoms with Gasteiger partial charge in [0.2, 0.25) is 15.9 Å². The number of phenolic OH excluding ortho intramolecular Hbond substituents is 1. The van der Waals surface area contributed by atoms with Gasteiger partial charge in [0.25, 0.3) is 0 Å². The number of carbonyl (C=O) groups is 1. The van der Waals surface area contributed by atoms with Crippen LogP contribution in [0.3, 0.4) is 0 Å². The van der Waals surface area contributed by atoms with Crippen LogP contribution in [0.5, 0.6) is 5.75 Å². The molecule has 0 fully saturated rings. The highest BCUT2D eigenvalue weighted by molar-refractivity contribution is 7.92. The maximum Gasteiger partial charge on any atom is 0.229 e. The van der Waals surface area contributed by atoms with Crippen LogP contribution in [0.15, 0.2) is 97.1 Å². The van der Waals surface area contributed by atoms with Gasteiger partial charge >= 0.3 is 0 Å². The first-order chi connectivity index (χ1) is 20.4. The summed E-state index contributed by atoms with van der Waals surface area (Å²) in [6.07, 6.45) is 0.976. The van der Waals surface area contributed by atoms with Crippen molar-refractivity contribution < 1.29 is 23.4 Å². The third-order valence-corrected chi connectivity index (χ3v) is 7.65. The molecule has 8 nitrogen and oxygen atoms in total. The first-order valence-corrected chi connectivity index (χ1v) is 16.0. The molecule has 9 heteroatoms. The van der Waals surface area contributed by atoms with Gasteiger partial charge in [0.1, 0.15) is 5.75 Å². The number of aliphatic hydroxyl groups excluding tert-OH is 1. The van der Waals surface area contributed by atoms with Crippen molar-refractivity contribution in [2.45, 2.75) is 44.9 Å². The Bertz CT molecular complexity index is 1660. The Kier molecular flexibility index (Phi) is 10.2. The van der Waals surface area contributed by atoms with Crippen molar-refractivity contribution in [1.82, 2.24) is 10.6 Å². The van der Waals surface area contributed by atoms with E-state index in [0.29, 0.717) is 18.5 Å². The summed E-state index contributed by atoms with van der Waals surface area (Å²) in [5.41, 5.74) is 5.32. The number of hydrogen-bond acceptors (Lipinski definition) is 6. The summed E-state index contributed by atoms with van der Waals surface area (Å²) >= 11 is 0. The van der Waals surface area contributed by atoms with Crippen molar-refractivity contribution in [2.24, 2.45) is 0 Å². The van der Waals surface area contributed by atoms with Gasteiger partial charge in [-0.3, -0.25) is 9.52 Å². The topological polar surface area (TPSA) is 128 Å². The van der Waals surface area contributed by atoms with E-state index in [1.165, 1.54) is 12.1 Å². The van der Waals surface area contributed by atoms with Crippen LogP contribution in [0.1, 0.15) is 42.2 Å². The molecule has 0 saturated heterocycles. The van der Waals surface area contributed by atoms with Crippen LogP contribution in [-0.4, -0.2) is 42.9 Å². The van der Waals surface area contributed by atoms with Crippen molar-refractivity contribution in [3.05, 3.63) is 119 Å². The standard InChI is InChI=1S/C34H39N3O5S/c1-34(2,36-23-32(39)27-16-17-31(38)30(20-27)37-43(3,41)42)21-25-11-9-10-24(18-25)19-33(40)35-22-28-14-7-8-15-29(28)26-12-5-4-6-13-26/h4-18,20,32,36-39H,19,21-23H2,1-3H3,(H,35,40)/t32-/m0/s1. The number of carbonyl (C=O) groups excluding carboxylic acids is 1. The fraction of sp³-hybridized carbons (Fsp3) is 0.265. The van der Waals surface area contributed by atoms with Gasteiger partial charge in [-0.1, -0.05) is 84.9 Å². The fourth-order valence-electron chi connectivity index (χ4n) is 4.97. The average Bonchev–Trinajstić information content (AvgIpc) is 2.96. The maximum absolute atomic E-state index is 12.9. The summed E-state index contributed by atoms with van der Waals surface area (Å²) in [4.78, 5) is 12.9. The number of aliphatic hydroxyl groups is 1. The summed E-state index contributed by atoms with van der Waals surface area (Å²) in [6.45, 7) is 4.70. The summed E-state index contributed by atoms with van der Waals surface area (Å²) in [5.74, 6) is -0.278. The van der Waals surface area contributed by atoms with Gasteiger partial charge < -0.3 is 20.8 Å². The molecule has 4 aromatic rings. The van der Waals surface area contributed by atoms with Crippen LogP contribution in [0.4, 0.5) is 5.69 Å². The van der Waals surface area contributed by atoms with Gasteiger partial charge in [0, 0.05) is 18.6 Å². The SMILES string of the molecule is CC(C)(Cc1cccc(CC(=O)NCc2ccccc2-c2ccccc2)c1)NC[C@H](O)c1ccc(O)c(NS(C)(=O)=O)c1. The van der Waals surface area contributed by atoms with Crippen LogP contribution in [0.2, 0.25) is 0 Å². The lowest BCUT2D eigenvalue weighted by Crippen LogP contribution is -2.43. The third kappa shape index (κ3) is 9.68. The van der Waals surface area contributed by atoms with Gasteiger partial charge in [-0.15, -0.1) is 0 Å². The molecule has 0 spiro atoms. The van der Waals surface area contributed by atoms with E-state index in [-0.39, 0.29) is 30.3 Å². The van der Waals surface area contributed by atoms with E-state index in [0.717, 1.165) is 34.1 Å². The van der Waals surface area contributed by atoms with Crippen LogP contribution in [0.25, 0.3) is 11.1 Å². The van der Waals surface area contributed by atoms with E-state index >= 15 is 0 Å². The van der Waals surface area contributed by atoms with Gasteiger partial charge in [-0.05, 0) is 65.8 Å². The summed E-state index contributed by atoms with van der Waals surface area (Å²) in [7, 11) is -3.58. The fourth-order valence-corrected chi connectivity index (χ4v) is 5.53. The van der Waals surface area contributed by atoms with Crippen molar-refractivity contribution in [3.8, 4) is 16.9 Å². The van der Waals surface area contributed by atoms with Crippen molar-refractivity contribution in [2.75, 3.05) is 17.5 Å². The van der Waals surface area contributed by atoms with Crippen LogP contribution >= 0.6 is 0 Å². The number of amides is 1. The first-order valence-electron chi connectivity index (χ1n) is 14.1. The summed E-state index contributed by atoms with van der Waals surface area (Å²) in [6, 6.07) is 30.4. The predicted molar refractivity (Wildman–Crippen MR) is 171 cm³/mol. The zero-order chi connectivity index (χ0) is 31.0. The molecule has 43 heavy (non-hydrogen) atoms. The zero-order valence-corrected chi connectivity index (χ0v) is 25.5. The van der Waals surface area contributed by atoms with Crippen molar-refractivity contribution in [1.29, 1.82) is 0 Å². The van der Waals surface area contributed by atoms with E-state index in [2.05, 4.69) is 33.6 Å². The molecule has 0 heterocycles. The number of rotatable bonds is 13. The smallest absolute Gasteiger partial charge is 0.229 e. The molecule has 4 aromatic carbocycles. The summed E-state index contributed by atoms with van der Waals surface area (Å²) in [5, 5.41) is 27.2. The lowest BCUT2D eigenvalue weighted by Gasteiger charge is -2.28. The van der Waals surface area contributed by atoms with Gasteiger partial charge in [0.15, 0.2) is 0 Å². The number of hydrogen-bond donors (Lipinski definition) is 5. The molecule has 0 bridgehead atoms.